The van der Waals surface area contributed by atoms with E-state index in [2.05, 4.69) is 34.6 Å². The first-order chi connectivity index (χ1) is 9.29. The third kappa shape index (κ3) is 1.32. The highest BCUT2D eigenvalue weighted by Crippen LogP contribution is 2.71. The van der Waals surface area contributed by atoms with Gasteiger partial charge >= 0.3 is 0 Å². The van der Waals surface area contributed by atoms with E-state index in [-0.39, 0.29) is 34.5 Å². The van der Waals surface area contributed by atoms with Gasteiger partial charge in [0.05, 0.1) is 11.8 Å². The predicted octanol–water partition coefficient (Wildman–Crippen LogP) is 3.15. The van der Waals surface area contributed by atoms with Gasteiger partial charge in [-0.2, -0.15) is 0 Å². The Labute approximate surface area is 121 Å². The van der Waals surface area contributed by atoms with Crippen LogP contribution in [0.15, 0.2) is 11.1 Å². The second-order valence-electron chi connectivity index (χ2n) is 7.40. The lowest BCUT2D eigenvalue weighted by atomic mass is 9.66. The SMILES string of the molecule is CCCCN1C(=O)C2C(C1=O)C1(C)CC2(C)C(C)=C1C. The van der Waals surface area contributed by atoms with Crippen LogP contribution >= 0.6 is 0 Å². The topological polar surface area (TPSA) is 37.4 Å². The molecule has 1 saturated heterocycles. The lowest BCUT2D eigenvalue weighted by molar-refractivity contribution is -0.141. The number of hydrogen-bond donors (Lipinski definition) is 0. The number of hydrogen-bond acceptors (Lipinski definition) is 2. The van der Waals surface area contributed by atoms with E-state index >= 15 is 0 Å². The molecule has 4 unspecified atom stereocenters. The Kier molecular flexibility index (Phi) is 2.74. The number of allylic oxidation sites excluding steroid dienone is 2. The molecule has 2 amide bonds. The number of likely N-dealkylation sites (tertiary alicyclic amines) is 1. The fraction of sp³-hybridized carbons (Fsp3) is 0.765. The van der Waals surface area contributed by atoms with Gasteiger partial charge in [0.15, 0.2) is 0 Å². The molecule has 4 atom stereocenters. The first kappa shape index (κ1) is 13.8. The molecular weight excluding hydrogens is 250 g/mol. The molecule has 2 fully saturated rings. The van der Waals surface area contributed by atoms with Crippen molar-refractivity contribution in [2.75, 3.05) is 6.54 Å². The molecule has 110 valence electrons. The summed E-state index contributed by atoms with van der Waals surface area (Å²) < 4.78 is 0. The largest absolute Gasteiger partial charge is 0.282 e. The van der Waals surface area contributed by atoms with Crippen LogP contribution in [0.3, 0.4) is 0 Å². The van der Waals surface area contributed by atoms with E-state index in [1.54, 1.807) is 4.90 Å². The van der Waals surface area contributed by atoms with Gasteiger partial charge in [-0.25, -0.2) is 0 Å². The van der Waals surface area contributed by atoms with Crippen LogP contribution in [0.4, 0.5) is 0 Å². The molecule has 0 radical (unpaired) electrons. The van der Waals surface area contributed by atoms with Crippen molar-refractivity contribution in [2.45, 2.75) is 53.9 Å². The Morgan fingerprint density at radius 3 is 1.90 bits per heavy atom. The van der Waals surface area contributed by atoms with Crippen LogP contribution in [0.25, 0.3) is 0 Å². The van der Waals surface area contributed by atoms with E-state index < -0.39 is 0 Å². The number of fused-ring (bicyclic) bond motifs is 5. The van der Waals surface area contributed by atoms with Gasteiger partial charge in [0, 0.05) is 17.4 Å². The van der Waals surface area contributed by atoms with Crippen molar-refractivity contribution in [2.24, 2.45) is 22.7 Å². The number of carbonyl (C=O) groups excluding carboxylic acids is 2. The minimum atomic E-state index is -0.111. The van der Waals surface area contributed by atoms with Crippen LogP contribution < -0.4 is 0 Å². The van der Waals surface area contributed by atoms with E-state index in [0.29, 0.717) is 6.54 Å². The van der Waals surface area contributed by atoms with Crippen LogP contribution in [-0.4, -0.2) is 23.3 Å². The lowest BCUT2D eigenvalue weighted by Crippen LogP contribution is -2.36. The highest BCUT2D eigenvalue weighted by Gasteiger charge is 2.71. The molecule has 3 aliphatic rings. The number of nitrogens with zero attached hydrogens (tertiary/aromatic N) is 1. The number of carbonyl (C=O) groups is 2. The van der Waals surface area contributed by atoms with Crippen LogP contribution in [0.5, 0.6) is 0 Å². The average Bonchev–Trinajstić information content (AvgIpc) is 2.86. The fourth-order valence-electron chi connectivity index (χ4n) is 5.12. The molecule has 0 aromatic heterocycles. The minimum Gasteiger partial charge on any atom is -0.282 e. The van der Waals surface area contributed by atoms with Gasteiger partial charge in [-0.3, -0.25) is 14.5 Å². The van der Waals surface area contributed by atoms with Gasteiger partial charge in [-0.15, -0.1) is 0 Å². The van der Waals surface area contributed by atoms with E-state index in [1.807, 2.05) is 0 Å². The number of unbranched alkanes of at least 4 members (excludes halogenated alkanes) is 1. The Morgan fingerprint density at radius 1 is 1.05 bits per heavy atom. The fourth-order valence-corrected chi connectivity index (χ4v) is 5.12. The number of amides is 2. The molecule has 0 N–H and O–H groups in total. The van der Waals surface area contributed by atoms with E-state index in [4.69, 9.17) is 0 Å². The molecule has 1 saturated carbocycles. The second kappa shape index (κ2) is 3.96. The molecule has 0 aromatic rings. The second-order valence-corrected chi connectivity index (χ2v) is 7.40. The Morgan fingerprint density at radius 2 is 1.50 bits per heavy atom. The number of imide groups is 1. The monoisotopic (exact) mass is 275 g/mol. The summed E-state index contributed by atoms with van der Waals surface area (Å²) in [4.78, 5) is 27.1. The van der Waals surface area contributed by atoms with E-state index in [0.717, 1.165) is 19.3 Å². The molecule has 2 bridgehead atoms. The van der Waals surface area contributed by atoms with Crippen molar-refractivity contribution in [3.63, 3.8) is 0 Å². The van der Waals surface area contributed by atoms with Crippen molar-refractivity contribution in [3.8, 4) is 0 Å². The van der Waals surface area contributed by atoms with Crippen LogP contribution in [0.1, 0.15) is 53.9 Å². The van der Waals surface area contributed by atoms with Crippen molar-refractivity contribution in [1.82, 2.24) is 4.90 Å². The molecule has 1 aliphatic heterocycles. The molecule has 20 heavy (non-hydrogen) atoms. The highest BCUT2D eigenvalue weighted by atomic mass is 16.2. The van der Waals surface area contributed by atoms with Crippen LogP contribution in [-0.2, 0) is 9.59 Å². The summed E-state index contributed by atoms with van der Waals surface area (Å²) >= 11 is 0. The minimum absolute atomic E-state index is 0.0894. The standard InChI is InChI=1S/C17H25NO2/c1-6-7-8-18-14(19)12-13(15(18)20)17(5)9-16(12,4)10(2)11(17)3/h12-13H,6-9H2,1-5H3. The molecule has 3 nitrogen and oxygen atoms in total. The zero-order valence-corrected chi connectivity index (χ0v) is 13.2. The summed E-state index contributed by atoms with van der Waals surface area (Å²) in [7, 11) is 0. The Hall–Kier alpha value is -1.12. The van der Waals surface area contributed by atoms with E-state index in [1.165, 1.54) is 11.1 Å². The van der Waals surface area contributed by atoms with Gasteiger partial charge < -0.3 is 0 Å². The quantitative estimate of drug-likeness (QED) is 0.586. The van der Waals surface area contributed by atoms with E-state index in [9.17, 15) is 9.59 Å². The molecule has 2 aliphatic carbocycles. The van der Waals surface area contributed by atoms with Crippen molar-refractivity contribution in [3.05, 3.63) is 11.1 Å². The molecule has 1 heterocycles. The van der Waals surface area contributed by atoms with Crippen LogP contribution in [0.2, 0.25) is 0 Å². The zero-order chi connectivity index (χ0) is 14.9. The molecular formula is C17H25NO2. The molecule has 0 spiro atoms. The smallest absolute Gasteiger partial charge is 0.234 e. The maximum absolute atomic E-state index is 12.8. The molecule has 3 heteroatoms. The third-order valence-electron chi connectivity index (χ3n) is 6.52. The van der Waals surface area contributed by atoms with Crippen molar-refractivity contribution >= 4 is 11.8 Å². The van der Waals surface area contributed by atoms with Gasteiger partial charge in [-0.05, 0) is 26.7 Å². The summed E-state index contributed by atoms with van der Waals surface area (Å²) in [6.45, 7) is 11.4. The predicted molar refractivity (Wildman–Crippen MR) is 77.8 cm³/mol. The third-order valence-corrected chi connectivity index (χ3v) is 6.52. The Bertz CT molecular complexity index is 493. The molecule has 0 aromatic carbocycles. The van der Waals surface area contributed by atoms with Gasteiger partial charge in [0.25, 0.3) is 0 Å². The van der Waals surface area contributed by atoms with Crippen molar-refractivity contribution in [1.29, 1.82) is 0 Å². The first-order valence-corrected chi connectivity index (χ1v) is 7.82. The summed E-state index contributed by atoms with van der Waals surface area (Å²) in [5, 5.41) is 0. The zero-order valence-electron chi connectivity index (χ0n) is 13.2. The highest BCUT2D eigenvalue weighted by molar-refractivity contribution is 6.07. The van der Waals surface area contributed by atoms with Gasteiger partial charge in [0.1, 0.15) is 0 Å². The maximum atomic E-state index is 12.8. The average molecular weight is 275 g/mol. The summed E-state index contributed by atoms with van der Waals surface area (Å²) in [5.41, 5.74) is 2.49. The lowest BCUT2D eigenvalue weighted by Gasteiger charge is -2.34. The normalized spacial score (nSPS) is 43.0. The van der Waals surface area contributed by atoms with Crippen LogP contribution in [0, 0.1) is 22.7 Å². The maximum Gasteiger partial charge on any atom is 0.234 e. The van der Waals surface area contributed by atoms with Crippen molar-refractivity contribution < 1.29 is 9.59 Å². The molecule has 3 rings (SSSR count). The first-order valence-electron chi connectivity index (χ1n) is 7.82. The Balaban J connectivity index is 2.03. The van der Waals surface area contributed by atoms with Gasteiger partial charge in [0.2, 0.25) is 11.8 Å². The summed E-state index contributed by atoms with van der Waals surface area (Å²) in [6.07, 6.45) is 2.89. The summed E-state index contributed by atoms with van der Waals surface area (Å²) in [5.74, 6) is -0.0424. The summed E-state index contributed by atoms with van der Waals surface area (Å²) in [6, 6.07) is 0. The van der Waals surface area contributed by atoms with Gasteiger partial charge in [-0.1, -0.05) is 38.3 Å². The number of rotatable bonds is 3.